The average molecular weight is 255 g/mol. The molecule has 3 heteroatoms. The van der Waals surface area contributed by atoms with E-state index in [9.17, 15) is 0 Å². The smallest absolute Gasteiger partial charge is 0.105 e. The second-order valence-electron chi connectivity index (χ2n) is 4.64. The van der Waals surface area contributed by atoms with Gasteiger partial charge in [-0.3, -0.25) is 0 Å². The normalized spacial score (nSPS) is 14.9. The van der Waals surface area contributed by atoms with E-state index in [0.717, 1.165) is 11.5 Å². The molecule has 0 radical (unpaired) electrons. The Balaban J connectivity index is 2.43. The molecule has 1 rings (SSSR count). The lowest BCUT2D eigenvalue weighted by Crippen LogP contribution is -2.29. The van der Waals surface area contributed by atoms with E-state index in [2.05, 4.69) is 32.2 Å². The molecule has 1 heterocycles. The molecule has 0 fully saturated rings. The summed E-state index contributed by atoms with van der Waals surface area (Å²) in [6, 6.07) is 3.06. The second-order valence-corrected chi connectivity index (χ2v) is 6.04. The van der Waals surface area contributed by atoms with Gasteiger partial charge in [0.25, 0.3) is 0 Å². The third-order valence-electron chi connectivity index (χ3n) is 2.98. The molecule has 1 aromatic rings. The van der Waals surface area contributed by atoms with Crippen LogP contribution >= 0.6 is 11.8 Å². The Bertz CT molecular complexity index is 335. The molecule has 98 valence electrons. The minimum absolute atomic E-state index is 0.370. The number of thioether (sulfide) groups is 1. The van der Waals surface area contributed by atoms with Crippen molar-refractivity contribution in [1.29, 1.82) is 0 Å². The van der Waals surface area contributed by atoms with Crippen molar-refractivity contribution in [3.05, 3.63) is 23.2 Å². The van der Waals surface area contributed by atoms with Crippen LogP contribution in [0.1, 0.15) is 50.3 Å². The minimum Gasteiger partial charge on any atom is -0.466 e. The third-order valence-corrected chi connectivity index (χ3v) is 3.91. The molecule has 17 heavy (non-hydrogen) atoms. The summed E-state index contributed by atoms with van der Waals surface area (Å²) in [6.07, 6.45) is 1.22. The zero-order chi connectivity index (χ0) is 12.8. The summed E-state index contributed by atoms with van der Waals surface area (Å²) in [5.74, 6) is 4.49. The number of aryl methyl sites for hydroxylation is 2. The Labute approximate surface area is 110 Å². The molecule has 0 bridgehead atoms. The highest BCUT2D eigenvalue weighted by atomic mass is 32.2. The SMILES string of the molecule is CCSCCC(C)NC(C)c1cc(C)oc1C. The highest BCUT2D eigenvalue weighted by Crippen LogP contribution is 2.22. The first-order valence-corrected chi connectivity index (χ1v) is 7.60. The Morgan fingerprint density at radius 1 is 1.35 bits per heavy atom. The summed E-state index contributed by atoms with van der Waals surface area (Å²) in [6.45, 7) is 10.7. The lowest BCUT2D eigenvalue weighted by molar-refractivity contribution is 0.456. The van der Waals surface area contributed by atoms with Gasteiger partial charge in [0.15, 0.2) is 0 Å². The molecule has 0 amide bonds. The zero-order valence-corrected chi connectivity index (χ0v) is 12.5. The maximum absolute atomic E-state index is 5.57. The summed E-state index contributed by atoms with van der Waals surface area (Å²) in [5, 5.41) is 3.64. The molecule has 2 atom stereocenters. The summed E-state index contributed by atoms with van der Waals surface area (Å²) in [5.41, 5.74) is 1.29. The van der Waals surface area contributed by atoms with Gasteiger partial charge in [0, 0.05) is 17.6 Å². The van der Waals surface area contributed by atoms with Crippen molar-refractivity contribution in [2.75, 3.05) is 11.5 Å². The number of furan rings is 1. The van der Waals surface area contributed by atoms with Crippen molar-refractivity contribution in [1.82, 2.24) is 5.32 Å². The van der Waals surface area contributed by atoms with Crippen molar-refractivity contribution in [2.45, 2.75) is 53.1 Å². The van der Waals surface area contributed by atoms with E-state index in [1.807, 2.05) is 25.6 Å². The summed E-state index contributed by atoms with van der Waals surface area (Å²) < 4.78 is 5.57. The molecule has 1 aromatic heterocycles. The molecule has 1 N–H and O–H groups in total. The molecule has 2 unspecified atom stereocenters. The average Bonchev–Trinajstić information content (AvgIpc) is 2.58. The van der Waals surface area contributed by atoms with Crippen molar-refractivity contribution < 1.29 is 4.42 Å². The molecule has 0 aromatic carbocycles. The van der Waals surface area contributed by atoms with Crippen molar-refractivity contribution in [2.24, 2.45) is 0 Å². The number of nitrogens with one attached hydrogen (secondary N) is 1. The van der Waals surface area contributed by atoms with Crippen LogP contribution in [0.25, 0.3) is 0 Å². The van der Waals surface area contributed by atoms with Gasteiger partial charge in [-0.2, -0.15) is 11.8 Å². The van der Waals surface area contributed by atoms with E-state index in [1.54, 1.807) is 0 Å². The molecular formula is C14H25NOS. The topological polar surface area (TPSA) is 25.2 Å². The molecule has 0 spiro atoms. The van der Waals surface area contributed by atoms with Crippen LogP contribution in [0.15, 0.2) is 10.5 Å². The second kappa shape index (κ2) is 7.12. The van der Waals surface area contributed by atoms with Gasteiger partial charge in [0.05, 0.1) is 0 Å². The van der Waals surface area contributed by atoms with Gasteiger partial charge in [0.2, 0.25) is 0 Å². The van der Waals surface area contributed by atoms with Gasteiger partial charge >= 0.3 is 0 Å². The Morgan fingerprint density at radius 2 is 2.06 bits per heavy atom. The van der Waals surface area contributed by atoms with Crippen LogP contribution in [-0.2, 0) is 0 Å². The summed E-state index contributed by atoms with van der Waals surface area (Å²) in [4.78, 5) is 0. The van der Waals surface area contributed by atoms with Crippen LogP contribution in [0.5, 0.6) is 0 Å². The van der Waals surface area contributed by atoms with Crippen LogP contribution in [0.2, 0.25) is 0 Å². The predicted molar refractivity (Wildman–Crippen MR) is 76.8 cm³/mol. The summed E-state index contributed by atoms with van der Waals surface area (Å²) >= 11 is 2.01. The van der Waals surface area contributed by atoms with Gasteiger partial charge in [-0.25, -0.2) is 0 Å². The van der Waals surface area contributed by atoms with Gasteiger partial charge in [0.1, 0.15) is 11.5 Å². The molecule has 2 nitrogen and oxygen atoms in total. The van der Waals surface area contributed by atoms with Crippen LogP contribution < -0.4 is 5.32 Å². The van der Waals surface area contributed by atoms with Gasteiger partial charge in [-0.15, -0.1) is 0 Å². The van der Waals surface area contributed by atoms with E-state index >= 15 is 0 Å². The molecule has 0 saturated heterocycles. The van der Waals surface area contributed by atoms with Crippen LogP contribution in [0.3, 0.4) is 0 Å². The third kappa shape index (κ3) is 4.76. The molecule has 0 saturated carbocycles. The van der Waals surface area contributed by atoms with E-state index in [1.165, 1.54) is 23.5 Å². The van der Waals surface area contributed by atoms with E-state index in [4.69, 9.17) is 4.42 Å². The van der Waals surface area contributed by atoms with Crippen molar-refractivity contribution in [3.8, 4) is 0 Å². The van der Waals surface area contributed by atoms with E-state index < -0.39 is 0 Å². The number of hydrogen-bond acceptors (Lipinski definition) is 3. The predicted octanol–water partition coefficient (Wildman–Crippen LogP) is 4.08. The highest BCUT2D eigenvalue weighted by molar-refractivity contribution is 7.99. The fourth-order valence-electron chi connectivity index (χ4n) is 2.08. The maximum Gasteiger partial charge on any atom is 0.105 e. The molecule has 0 aliphatic carbocycles. The number of hydrogen-bond donors (Lipinski definition) is 1. The molecular weight excluding hydrogens is 230 g/mol. The van der Waals surface area contributed by atoms with E-state index in [-0.39, 0.29) is 0 Å². The molecule has 0 aliphatic heterocycles. The summed E-state index contributed by atoms with van der Waals surface area (Å²) in [7, 11) is 0. The maximum atomic E-state index is 5.57. The quantitative estimate of drug-likeness (QED) is 0.743. The highest BCUT2D eigenvalue weighted by Gasteiger charge is 2.14. The fourth-order valence-corrected chi connectivity index (χ4v) is 2.89. The largest absolute Gasteiger partial charge is 0.466 e. The lowest BCUT2D eigenvalue weighted by atomic mass is 10.1. The van der Waals surface area contributed by atoms with Crippen molar-refractivity contribution in [3.63, 3.8) is 0 Å². The number of rotatable bonds is 7. The van der Waals surface area contributed by atoms with Crippen LogP contribution in [0, 0.1) is 13.8 Å². The Hall–Kier alpha value is -0.410. The lowest BCUT2D eigenvalue weighted by Gasteiger charge is -2.19. The minimum atomic E-state index is 0.370. The Morgan fingerprint density at radius 3 is 2.59 bits per heavy atom. The zero-order valence-electron chi connectivity index (χ0n) is 11.7. The Kier molecular flexibility index (Phi) is 6.14. The van der Waals surface area contributed by atoms with Crippen LogP contribution in [-0.4, -0.2) is 17.5 Å². The fraction of sp³-hybridized carbons (Fsp3) is 0.714. The van der Waals surface area contributed by atoms with E-state index in [0.29, 0.717) is 12.1 Å². The first kappa shape index (κ1) is 14.7. The van der Waals surface area contributed by atoms with Crippen LogP contribution in [0.4, 0.5) is 0 Å². The van der Waals surface area contributed by atoms with Gasteiger partial charge < -0.3 is 9.73 Å². The van der Waals surface area contributed by atoms with Crippen molar-refractivity contribution >= 4 is 11.8 Å². The van der Waals surface area contributed by atoms with Gasteiger partial charge in [-0.05, 0) is 51.7 Å². The molecule has 0 aliphatic rings. The van der Waals surface area contributed by atoms with Gasteiger partial charge in [-0.1, -0.05) is 6.92 Å². The first-order valence-electron chi connectivity index (χ1n) is 6.45. The monoisotopic (exact) mass is 255 g/mol. The standard InChI is InChI=1S/C14H25NOS/c1-6-17-8-7-10(2)15-12(4)14-9-11(3)16-13(14)5/h9-10,12,15H,6-8H2,1-5H3. The first-order chi connectivity index (χ1) is 8.04.